The van der Waals surface area contributed by atoms with E-state index in [1.807, 2.05) is 24.3 Å². The second-order valence-electron chi connectivity index (χ2n) is 6.04. The molecule has 0 bridgehead atoms. The molecule has 0 fully saturated rings. The average molecular weight is 404 g/mol. The van der Waals surface area contributed by atoms with Gasteiger partial charge in [-0.05, 0) is 72.9 Å². The first-order valence-corrected chi connectivity index (χ1v) is 10.0. The lowest BCUT2D eigenvalue weighted by molar-refractivity contribution is 0.0827. The number of ether oxygens (including phenoxy) is 1. The first-order valence-electron chi connectivity index (χ1n) is 8.63. The lowest BCUT2D eigenvalue weighted by Crippen LogP contribution is -2.29. The Morgan fingerprint density at radius 2 is 1.78 bits per heavy atom. The topological polar surface area (TPSA) is 53.6 Å². The SMILES string of the molecule is COc1ccc(SCCCNC(=S)Nc2ccc(C(=O)N(C)C)cc2)cc1. The van der Waals surface area contributed by atoms with Crippen molar-refractivity contribution in [2.75, 3.05) is 38.8 Å². The van der Waals surface area contributed by atoms with Crippen molar-refractivity contribution in [3.8, 4) is 5.75 Å². The molecule has 2 aromatic carbocycles. The van der Waals surface area contributed by atoms with Crippen molar-refractivity contribution in [2.24, 2.45) is 0 Å². The van der Waals surface area contributed by atoms with Gasteiger partial charge in [-0.1, -0.05) is 0 Å². The van der Waals surface area contributed by atoms with Crippen LogP contribution in [0.4, 0.5) is 5.69 Å². The monoisotopic (exact) mass is 403 g/mol. The number of hydrogen-bond donors (Lipinski definition) is 2. The van der Waals surface area contributed by atoms with Crippen molar-refractivity contribution in [1.29, 1.82) is 0 Å². The molecular weight excluding hydrogens is 378 g/mol. The van der Waals surface area contributed by atoms with Crippen LogP contribution in [0.15, 0.2) is 53.4 Å². The summed E-state index contributed by atoms with van der Waals surface area (Å²) < 4.78 is 5.16. The van der Waals surface area contributed by atoms with Crippen LogP contribution >= 0.6 is 24.0 Å². The van der Waals surface area contributed by atoms with Gasteiger partial charge in [0, 0.05) is 36.8 Å². The molecule has 0 aliphatic rings. The molecule has 0 unspecified atom stereocenters. The van der Waals surface area contributed by atoms with E-state index in [2.05, 4.69) is 22.8 Å². The minimum Gasteiger partial charge on any atom is -0.497 e. The van der Waals surface area contributed by atoms with E-state index in [9.17, 15) is 4.79 Å². The third-order valence-corrected chi connectivity index (χ3v) is 5.08. The summed E-state index contributed by atoms with van der Waals surface area (Å²) in [5.41, 5.74) is 1.51. The molecule has 144 valence electrons. The molecule has 7 heteroatoms. The van der Waals surface area contributed by atoms with Crippen LogP contribution in [0.2, 0.25) is 0 Å². The number of amides is 1. The predicted molar refractivity (Wildman–Crippen MR) is 117 cm³/mol. The van der Waals surface area contributed by atoms with E-state index >= 15 is 0 Å². The van der Waals surface area contributed by atoms with E-state index in [0.717, 1.165) is 30.2 Å². The minimum absolute atomic E-state index is 0.0170. The highest BCUT2D eigenvalue weighted by atomic mass is 32.2. The number of carbonyl (C=O) groups is 1. The van der Waals surface area contributed by atoms with E-state index in [1.54, 1.807) is 50.0 Å². The Bertz CT molecular complexity index is 747. The maximum absolute atomic E-state index is 11.9. The second-order valence-corrected chi connectivity index (χ2v) is 7.61. The fraction of sp³-hybridized carbons (Fsp3) is 0.300. The number of carbonyl (C=O) groups excluding carboxylic acids is 1. The molecule has 1 amide bonds. The largest absolute Gasteiger partial charge is 0.497 e. The summed E-state index contributed by atoms with van der Waals surface area (Å²) >= 11 is 7.12. The molecule has 5 nitrogen and oxygen atoms in total. The molecule has 0 aliphatic carbocycles. The molecule has 0 aliphatic heterocycles. The Labute approximate surface area is 170 Å². The summed E-state index contributed by atoms with van der Waals surface area (Å²) in [7, 11) is 5.14. The average Bonchev–Trinajstić information content (AvgIpc) is 2.68. The predicted octanol–water partition coefficient (Wildman–Crippen LogP) is 3.87. The lowest BCUT2D eigenvalue weighted by Gasteiger charge is -2.12. The van der Waals surface area contributed by atoms with E-state index in [-0.39, 0.29) is 5.91 Å². The van der Waals surface area contributed by atoms with Crippen molar-refractivity contribution in [1.82, 2.24) is 10.2 Å². The molecule has 0 saturated heterocycles. The number of hydrogen-bond acceptors (Lipinski definition) is 4. The maximum Gasteiger partial charge on any atom is 0.253 e. The van der Waals surface area contributed by atoms with Crippen LogP contribution in [0.5, 0.6) is 5.75 Å². The molecule has 2 rings (SSSR count). The highest BCUT2D eigenvalue weighted by molar-refractivity contribution is 7.99. The van der Waals surface area contributed by atoms with Crippen molar-refractivity contribution in [3.05, 3.63) is 54.1 Å². The summed E-state index contributed by atoms with van der Waals surface area (Å²) in [4.78, 5) is 14.7. The van der Waals surface area contributed by atoms with Crippen molar-refractivity contribution < 1.29 is 9.53 Å². The smallest absolute Gasteiger partial charge is 0.253 e. The normalized spacial score (nSPS) is 10.2. The van der Waals surface area contributed by atoms with Crippen LogP contribution < -0.4 is 15.4 Å². The van der Waals surface area contributed by atoms with Gasteiger partial charge in [0.2, 0.25) is 0 Å². The minimum atomic E-state index is -0.0170. The van der Waals surface area contributed by atoms with Crippen LogP contribution in [0.3, 0.4) is 0 Å². The van der Waals surface area contributed by atoms with Gasteiger partial charge in [-0.15, -0.1) is 11.8 Å². The molecule has 2 aromatic rings. The zero-order valence-corrected chi connectivity index (χ0v) is 17.5. The summed E-state index contributed by atoms with van der Waals surface area (Å²) in [5.74, 6) is 1.86. The number of rotatable bonds is 8. The lowest BCUT2D eigenvalue weighted by atomic mass is 10.2. The highest BCUT2D eigenvalue weighted by Gasteiger charge is 2.07. The fourth-order valence-electron chi connectivity index (χ4n) is 2.27. The first kappa shape index (κ1) is 21.1. The number of methoxy groups -OCH3 is 1. The molecular formula is C20H25N3O2S2. The van der Waals surface area contributed by atoms with Gasteiger partial charge in [0.1, 0.15) is 5.75 Å². The van der Waals surface area contributed by atoms with Crippen LogP contribution in [0.25, 0.3) is 0 Å². The number of benzene rings is 2. The highest BCUT2D eigenvalue weighted by Crippen LogP contribution is 2.21. The molecule has 27 heavy (non-hydrogen) atoms. The Morgan fingerprint density at radius 1 is 1.11 bits per heavy atom. The van der Waals surface area contributed by atoms with E-state index in [0.29, 0.717) is 10.7 Å². The number of nitrogens with zero attached hydrogens (tertiary/aromatic N) is 1. The summed E-state index contributed by atoms with van der Waals surface area (Å²) in [5, 5.41) is 6.92. The Morgan fingerprint density at radius 3 is 2.37 bits per heavy atom. The van der Waals surface area contributed by atoms with E-state index < -0.39 is 0 Å². The third-order valence-electron chi connectivity index (χ3n) is 3.73. The third kappa shape index (κ3) is 7.11. The van der Waals surface area contributed by atoms with Gasteiger partial charge in [-0.25, -0.2) is 0 Å². The molecule has 0 radical (unpaired) electrons. The number of anilines is 1. The Kier molecular flexibility index (Phi) is 8.42. The molecule has 0 aromatic heterocycles. The second kappa shape index (κ2) is 10.8. The van der Waals surface area contributed by atoms with Gasteiger partial charge in [0.05, 0.1) is 7.11 Å². The van der Waals surface area contributed by atoms with Crippen LogP contribution in [-0.4, -0.2) is 49.4 Å². The van der Waals surface area contributed by atoms with Gasteiger partial charge in [-0.2, -0.15) is 0 Å². The van der Waals surface area contributed by atoms with Gasteiger partial charge in [0.15, 0.2) is 5.11 Å². The quantitative estimate of drug-likeness (QED) is 0.397. The Balaban J connectivity index is 1.66. The maximum atomic E-state index is 11.9. The van der Waals surface area contributed by atoms with E-state index in [1.165, 1.54) is 4.90 Å². The molecule has 2 N–H and O–H groups in total. The molecule has 0 atom stereocenters. The zero-order valence-electron chi connectivity index (χ0n) is 15.8. The van der Waals surface area contributed by atoms with Gasteiger partial charge < -0.3 is 20.3 Å². The van der Waals surface area contributed by atoms with Gasteiger partial charge in [0.25, 0.3) is 5.91 Å². The zero-order chi connectivity index (χ0) is 19.6. The summed E-state index contributed by atoms with van der Waals surface area (Å²) in [6.07, 6.45) is 0.995. The Hall–Kier alpha value is -2.25. The van der Waals surface area contributed by atoms with Crippen LogP contribution in [-0.2, 0) is 0 Å². The number of thioether (sulfide) groups is 1. The first-order chi connectivity index (χ1) is 13.0. The van der Waals surface area contributed by atoms with Crippen molar-refractivity contribution >= 4 is 40.7 Å². The van der Waals surface area contributed by atoms with Crippen molar-refractivity contribution in [2.45, 2.75) is 11.3 Å². The number of nitrogens with one attached hydrogen (secondary N) is 2. The van der Waals surface area contributed by atoms with Gasteiger partial charge >= 0.3 is 0 Å². The molecule has 0 spiro atoms. The molecule has 0 saturated carbocycles. The summed E-state index contributed by atoms with van der Waals surface area (Å²) in [6, 6.07) is 15.3. The van der Waals surface area contributed by atoms with Crippen molar-refractivity contribution in [3.63, 3.8) is 0 Å². The van der Waals surface area contributed by atoms with Crippen LogP contribution in [0, 0.1) is 0 Å². The number of thiocarbonyl (C=S) groups is 1. The van der Waals surface area contributed by atoms with Gasteiger partial charge in [-0.3, -0.25) is 4.79 Å². The summed E-state index contributed by atoms with van der Waals surface area (Å²) in [6.45, 7) is 0.798. The standard InChI is InChI=1S/C20H25N3O2S2/c1-23(2)19(24)15-5-7-16(8-6-15)22-20(26)21-13-4-14-27-18-11-9-17(25-3)10-12-18/h5-12H,4,13-14H2,1-3H3,(H2,21,22,26). The fourth-order valence-corrected chi connectivity index (χ4v) is 3.34. The van der Waals surface area contributed by atoms with E-state index in [4.69, 9.17) is 17.0 Å². The van der Waals surface area contributed by atoms with Crippen LogP contribution in [0.1, 0.15) is 16.8 Å². The molecule has 0 heterocycles.